The van der Waals surface area contributed by atoms with Crippen molar-refractivity contribution in [3.8, 4) is 0 Å². The number of anilines is 1. The number of sulfonamides is 1. The van der Waals surface area contributed by atoms with Gasteiger partial charge in [0.15, 0.2) is 0 Å². The highest BCUT2D eigenvalue weighted by atomic mass is 32.2. The van der Waals surface area contributed by atoms with E-state index in [9.17, 15) is 18.0 Å². The van der Waals surface area contributed by atoms with Crippen LogP contribution in [-0.2, 0) is 26.2 Å². The second-order valence-electron chi connectivity index (χ2n) is 11.2. The van der Waals surface area contributed by atoms with Gasteiger partial charge in [0.25, 0.3) is 10.0 Å². The number of aryl methyl sites for hydroxylation is 3. The maximum absolute atomic E-state index is 14.1. The van der Waals surface area contributed by atoms with Crippen LogP contribution in [0.1, 0.15) is 61.3 Å². The average molecular weight is 576 g/mol. The number of benzene rings is 3. The summed E-state index contributed by atoms with van der Waals surface area (Å²) >= 11 is 0. The van der Waals surface area contributed by atoms with E-state index in [1.54, 1.807) is 43.3 Å². The Morgan fingerprint density at radius 3 is 2.07 bits per heavy atom. The van der Waals surface area contributed by atoms with Crippen LogP contribution >= 0.6 is 0 Å². The molecule has 3 aromatic rings. The van der Waals surface area contributed by atoms with E-state index in [-0.39, 0.29) is 23.4 Å². The summed E-state index contributed by atoms with van der Waals surface area (Å²) in [4.78, 5) is 29.1. The quantitative estimate of drug-likeness (QED) is 0.337. The van der Waals surface area contributed by atoms with Gasteiger partial charge in [-0.1, -0.05) is 73.4 Å². The molecule has 0 aromatic heterocycles. The van der Waals surface area contributed by atoms with Gasteiger partial charge in [0, 0.05) is 12.6 Å². The van der Waals surface area contributed by atoms with Crippen molar-refractivity contribution < 1.29 is 18.0 Å². The van der Waals surface area contributed by atoms with Gasteiger partial charge in [0.05, 0.1) is 10.6 Å². The summed E-state index contributed by atoms with van der Waals surface area (Å²) in [6, 6.07) is 20.9. The Balaban J connectivity index is 1.69. The number of nitrogens with one attached hydrogen (secondary N) is 1. The van der Waals surface area contributed by atoms with Gasteiger partial charge in [-0.15, -0.1) is 0 Å². The maximum Gasteiger partial charge on any atom is 0.264 e. The standard InChI is InChI=1S/C33H41N3O4S/c1-24-15-17-31(18-16-24)41(39,40)36(30-20-25(2)19-26(3)21-30)23-32(37)35(22-28-11-7-5-8-12-28)27(4)33(38)34-29-13-9-6-10-14-29/h5,7-8,11-12,15-21,27,29H,6,9-10,13-14,22-23H2,1-4H3,(H,34,38)/t27-/m1/s1. The highest BCUT2D eigenvalue weighted by Crippen LogP contribution is 2.27. The Morgan fingerprint density at radius 2 is 1.46 bits per heavy atom. The average Bonchev–Trinajstić information content (AvgIpc) is 2.95. The van der Waals surface area contributed by atoms with Gasteiger partial charge in [0.2, 0.25) is 11.8 Å². The largest absolute Gasteiger partial charge is 0.352 e. The van der Waals surface area contributed by atoms with Crippen molar-refractivity contribution in [3.63, 3.8) is 0 Å². The Kier molecular flexibility index (Phi) is 9.86. The fraction of sp³-hybridized carbons (Fsp3) is 0.394. The van der Waals surface area contributed by atoms with Crippen LogP contribution in [-0.4, -0.2) is 43.8 Å². The summed E-state index contributed by atoms with van der Waals surface area (Å²) in [7, 11) is -4.09. The Hall–Kier alpha value is -3.65. The number of carbonyl (C=O) groups excluding carboxylic acids is 2. The fourth-order valence-corrected chi connectivity index (χ4v) is 6.79. The molecule has 4 rings (SSSR count). The number of rotatable bonds is 10. The Bertz CT molecular complexity index is 1430. The second-order valence-corrected chi connectivity index (χ2v) is 13.1. The van der Waals surface area contributed by atoms with Crippen molar-refractivity contribution in [2.75, 3.05) is 10.8 Å². The van der Waals surface area contributed by atoms with Crippen LogP contribution in [0.25, 0.3) is 0 Å². The number of hydrogen-bond donors (Lipinski definition) is 1. The van der Waals surface area contributed by atoms with Gasteiger partial charge < -0.3 is 10.2 Å². The van der Waals surface area contributed by atoms with E-state index < -0.39 is 28.5 Å². The molecule has 7 nitrogen and oxygen atoms in total. The minimum absolute atomic E-state index is 0.0982. The zero-order chi connectivity index (χ0) is 29.6. The lowest BCUT2D eigenvalue weighted by molar-refractivity contribution is -0.139. The summed E-state index contributed by atoms with van der Waals surface area (Å²) in [5.41, 5.74) is 3.98. The zero-order valence-corrected chi connectivity index (χ0v) is 25.3. The van der Waals surface area contributed by atoms with Gasteiger partial charge in [-0.25, -0.2) is 8.42 Å². The van der Waals surface area contributed by atoms with Gasteiger partial charge in [0.1, 0.15) is 12.6 Å². The number of carbonyl (C=O) groups is 2. The molecule has 1 aliphatic carbocycles. The number of nitrogens with zero attached hydrogens (tertiary/aromatic N) is 2. The van der Waals surface area contributed by atoms with Gasteiger partial charge >= 0.3 is 0 Å². The molecule has 0 aliphatic heterocycles. The summed E-state index contributed by atoms with van der Waals surface area (Å²) in [6.45, 7) is 7.15. The minimum Gasteiger partial charge on any atom is -0.352 e. The molecule has 41 heavy (non-hydrogen) atoms. The van der Waals surface area contributed by atoms with E-state index in [1.165, 1.54) is 15.6 Å². The summed E-state index contributed by atoms with van der Waals surface area (Å²) in [5.74, 6) is -0.671. The third kappa shape index (κ3) is 7.76. The van der Waals surface area contributed by atoms with E-state index in [0.29, 0.717) is 5.69 Å². The van der Waals surface area contributed by atoms with Crippen LogP contribution in [0.4, 0.5) is 5.69 Å². The van der Waals surface area contributed by atoms with Gasteiger partial charge in [-0.2, -0.15) is 0 Å². The molecular weight excluding hydrogens is 534 g/mol. The second kappa shape index (κ2) is 13.3. The molecule has 0 unspecified atom stereocenters. The molecule has 0 radical (unpaired) electrons. The minimum atomic E-state index is -4.09. The molecule has 1 atom stereocenters. The molecular formula is C33H41N3O4S. The third-order valence-electron chi connectivity index (χ3n) is 7.70. The van der Waals surface area contributed by atoms with Crippen LogP contribution < -0.4 is 9.62 Å². The first-order valence-corrected chi connectivity index (χ1v) is 15.8. The molecule has 0 saturated heterocycles. The van der Waals surface area contributed by atoms with E-state index >= 15 is 0 Å². The van der Waals surface area contributed by atoms with E-state index in [1.807, 2.05) is 57.2 Å². The van der Waals surface area contributed by atoms with Crippen LogP contribution in [0.15, 0.2) is 77.7 Å². The van der Waals surface area contributed by atoms with Crippen molar-refractivity contribution >= 4 is 27.5 Å². The van der Waals surface area contributed by atoms with Crippen molar-refractivity contribution in [3.05, 3.63) is 95.1 Å². The predicted octanol–water partition coefficient (Wildman–Crippen LogP) is 5.67. The molecule has 1 aliphatic rings. The van der Waals surface area contributed by atoms with Gasteiger partial charge in [-0.05, 0) is 81.5 Å². The zero-order valence-electron chi connectivity index (χ0n) is 24.5. The lowest BCUT2D eigenvalue weighted by Gasteiger charge is -2.33. The Labute approximate surface area is 244 Å². The van der Waals surface area contributed by atoms with E-state index in [0.717, 1.165) is 47.9 Å². The third-order valence-corrected chi connectivity index (χ3v) is 9.48. The SMILES string of the molecule is Cc1ccc(S(=O)(=O)N(CC(=O)N(Cc2ccccc2)[C@H](C)C(=O)NC2CCCCC2)c2cc(C)cc(C)c2)cc1. The first-order chi connectivity index (χ1) is 19.5. The van der Waals surface area contributed by atoms with Crippen molar-refractivity contribution in [1.82, 2.24) is 10.2 Å². The van der Waals surface area contributed by atoms with Crippen molar-refractivity contribution in [2.45, 2.75) is 83.3 Å². The van der Waals surface area contributed by atoms with Crippen molar-refractivity contribution in [1.29, 1.82) is 0 Å². The number of amides is 2. The molecule has 1 saturated carbocycles. The first-order valence-electron chi connectivity index (χ1n) is 14.4. The monoisotopic (exact) mass is 575 g/mol. The van der Waals surface area contributed by atoms with Crippen LogP contribution in [0.3, 0.4) is 0 Å². The topological polar surface area (TPSA) is 86.8 Å². The molecule has 0 bridgehead atoms. The van der Waals surface area contributed by atoms with Crippen LogP contribution in [0.5, 0.6) is 0 Å². The highest BCUT2D eigenvalue weighted by molar-refractivity contribution is 7.92. The summed E-state index contributed by atoms with van der Waals surface area (Å²) in [6.07, 6.45) is 5.19. The molecule has 3 aromatic carbocycles. The van der Waals surface area contributed by atoms with Crippen LogP contribution in [0.2, 0.25) is 0 Å². The molecule has 0 heterocycles. The highest BCUT2D eigenvalue weighted by Gasteiger charge is 2.33. The first kappa shape index (κ1) is 30.3. The lowest BCUT2D eigenvalue weighted by atomic mass is 9.95. The Morgan fingerprint density at radius 1 is 0.854 bits per heavy atom. The van der Waals surface area contributed by atoms with E-state index in [4.69, 9.17) is 0 Å². The normalized spacial score (nSPS) is 14.7. The molecule has 2 amide bonds. The molecule has 1 N–H and O–H groups in total. The maximum atomic E-state index is 14.1. The smallest absolute Gasteiger partial charge is 0.264 e. The molecule has 1 fully saturated rings. The molecule has 8 heteroatoms. The van der Waals surface area contributed by atoms with Crippen molar-refractivity contribution in [2.24, 2.45) is 0 Å². The fourth-order valence-electron chi connectivity index (χ4n) is 5.39. The predicted molar refractivity (Wildman–Crippen MR) is 163 cm³/mol. The lowest BCUT2D eigenvalue weighted by Crippen LogP contribution is -2.53. The molecule has 218 valence electrons. The van der Waals surface area contributed by atoms with Gasteiger partial charge in [-0.3, -0.25) is 13.9 Å². The number of hydrogen-bond acceptors (Lipinski definition) is 4. The summed E-state index contributed by atoms with van der Waals surface area (Å²) in [5, 5.41) is 3.14. The van der Waals surface area contributed by atoms with E-state index in [2.05, 4.69) is 5.32 Å². The molecule has 0 spiro atoms. The van der Waals surface area contributed by atoms with Crippen LogP contribution in [0, 0.1) is 20.8 Å². The summed E-state index contributed by atoms with van der Waals surface area (Å²) < 4.78 is 29.2.